The molecule has 0 fully saturated rings. The maximum atomic E-state index is 13.2. The van der Waals surface area contributed by atoms with Gasteiger partial charge in [0.05, 0.1) is 11.3 Å². The van der Waals surface area contributed by atoms with Gasteiger partial charge in [0.1, 0.15) is 11.8 Å². The van der Waals surface area contributed by atoms with Crippen LogP contribution < -0.4 is 19.5 Å². The number of nitriles is 1. The minimum atomic E-state index is -0.418. The summed E-state index contributed by atoms with van der Waals surface area (Å²) in [5.41, 5.74) is 1.51. The molecule has 8 nitrogen and oxygen atoms in total. The SMILES string of the molecule is CN(C)c1cc[n+](C(=CC(=C=[N-])C#N)C(=O)c2ccc3c(c2)NC(=O)CO3)cc1. The van der Waals surface area contributed by atoms with Crippen molar-refractivity contribution in [1.29, 1.82) is 5.26 Å². The van der Waals surface area contributed by atoms with Crippen LogP contribution in [0.3, 0.4) is 0 Å². The average molecular weight is 387 g/mol. The van der Waals surface area contributed by atoms with Gasteiger partial charge in [0.25, 0.3) is 17.4 Å². The van der Waals surface area contributed by atoms with Gasteiger partial charge >= 0.3 is 0 Å². The number of benzene rings is 1. The maximum Gasteiger partial charge on any atom is 0.262 e. The Balaban J connectivity index is 2.06. The molecule has 0 radical (unpaired) electrons. The van der Waals surface area contributed by atoms with Crippen molar-refractivity contribution in [3.63, 3.8) is 0 Å². The summed E-state index contributed by atoms with van der Waals surface area (Å²) in [7, 11) is 3.78. The zero-order chi connectivity index (χ0) is 21.0. The van der Waals surface area contributed by atoms with E-state index in [-0.39, 0.29) is 29.3 Å². The minimum absolute atomic E-state index is 0.0812. The highest BCUT2D eigenvalue weighted by molar-refractivity contribution is 6.22. The predicted octanol–water partition coefficient (Wildman–Crippen LogP) is 1.78. The molecule has 0 bridgehead atoms. The van der Waals surface area contributed by atoms with E-state index < -0.39 is 5.78 Å². The van der Waals surface area contributed by atoms with Crippen LogP contribution in [0.1, 0.15) is 10.4 Å². The molecule has 3 rings (SSSR count). The number of carbonyl (C=O) groups excluding carboxylic acids is 2. The van der Waals surface area contributed by atoms with Crippen LogP contribution in [0, 0.1) is 11.3 Å². The van der Waals surface area contributed by atoms with Crippen molar-refractivity contribution in [2.75, 3.05) is 30.9 Å². The fourth-order valence-corrected chi connectivity index (χ4v) is 2.73. The quantitative estimate of drug-likeness (QED) is 0.210. The first-order valence-corrected chi connectivity index (χ1v) is 8.62. The number of fused-ring (bicyclic) bond motifs is 1. The van der Waals surface area contributed by atoms with E-state index in [1.54, 1.807) is 53.2 Å². The Morgan fingerprint density at radius 3 is 2.66 bits per heavy atom. The van der Waals surface area contributed by atoms with Crippen molar-refractivity contribution in [3.05, 3.63) is 65.3 Å². The van der Waals surface area contributed by atoms with Crippen LogP contribution in [-0.4, -0.2) is 38.3 Å². The average Bonchev–Trinajstić information content (AvgIpc) is 2.73. The maximum absolute atomic E-state index is 13.2. The van der Waals surface area contributed by atoms with E-state index in [1.807, 2.05) is 19.0 Å². The number of pyridine rings is 1. The highest BCUT2D eigenvalue weighted by atomic mass is 16.5. The molecule has 2 heterocycles. The number of rotatable bonds is 5. The summed E-state index contributed by atoms with van der Waals surface area (Å²) >= 11 is 0. The van der Waals surface area contributed by atoms with Gasteiger partial charge in [0, 0.05) is 43.6 Å². The molecule has 0 aliphatic carbocycles. The number of allylic oxidation sites excluding steroid dienone is 3. The lowest BCUT2D eigenvalue weighted by atomic mass is 10.0. The van der Waals surface area contributed by atoms with E-state index in [0.29, 0.717) is 11.4 Å². The molecule has 1 amide bonds. The molecule has 1 aliphatic heterocycles. The van der Waals surface area contributed by atoms with Crippen LogP contribution in [0.5, 0.6) is 5.75 Å². The van der Waals surface area contributed by atoms with Crippen molar-refractivity contribution in [2.24, 2.45) is 0 Å². The summed E-state index contributed by atoms with van der Waals surface area (Å²) < 4.78 is 6.85. The third kappa shape index (κ3) is 4.21. The lowest BCUT2D eigenvalue weighted by Crippen LogP contribution is -2.36. The van der Waals surface area contributed by atoms with Crippen LogP contribution in [-0.2, 0) is 4.79 Å². The van der Waals surface area contributed by atoms with Gasteiger partial charge in [0.2, 0.25) is 0 Å². The number of nitrogens with zero attached hydrogens (tertiary/aromatic N) is 4. The standard InChI is InChI=1S/C21H17N5O3/c1-25(2)16-5-7-26(8-6-16)18(9-14(11-22)12-23)21(28)15-3-4-19-17(10-15)24-20(27)13-29-19/h3-10H,13H2,1-2H3,(H,24,27). The second-order valence-corrected chi connectivity index (χ2v) is 6.40. The van der Waals surface area contributed by atoms with Crippen molar-refractivity contribution in [1.82, 2.24) is 0 Å². The molecule has 8 heteroatoms. The summed E-state index contributed by atoms with van der Waals surface area (Å²) in [5.74, 6) is 1.51. The Labute approximate surface area is 167 Å². The van der Waals surface area contributed by atoms with Gasteiger partial charge in [0.15, 0.2) is 19.0 Å². The smallest absolute Gasteiger partial charge is 0.262 e. The normalized spacial score (nSPS) is 12.6. The summed E-state index contributed by atoms with van der Waals surface area (Å²) in [6.07, 6.45) is 4.59. The topological polar surface area (TPSA) is 109 Å². The number of amides is 1. The van der Waals surface area contributed by atoms with Crippen molar-refractivity contribution >= 4 is 34.6 Å². The molecular weight excluding hydrogens is 370 g/mol. The van der Waals surface area contributed by atoms with Gasteiger partial charge in [-0.05, 0) is 18.2 Å². The lowest BCUT2D eigenvalue weighted by Gasteiger charge is -2.18. The molecule has 0 saturated heterocycles. The second kappa shape index (κ2) is 8.21. The number of aromatic nitrogens is 1. The van der Waals surface area contributed by atoms with E-state index in [0.717, 1.165) is 5.69 Å². The number of Topliss-reactive ketones (excluding diaryl/α,β-unsaturated/α-hetero) is 1. The molecule has 1 aromatic carbocycles. The predicted molar refractivity (Wildman–Crippen MR) is 108 cm³/mol. The summed E-state index contributed by atoms with van der Waals surface area (Å²) in [6.45, 7) is -0.0812. The van der Waals surface area contributed by atoms with Gasteiger partial charge < -0.3 is 20.4 Å². The number of nitrogens with one attached hydrogen (secondary N) is 1. The highest BCUT2D eigenvalue weighted by Crippen LogP contribution is 2.29. The molecule has 0 spiro atoms. The third-order valence-electron chi connectivity index (χ3n) is 4.24. The fourth-order valence-electron chi connectivity index (χ4n) is 2.73. The monoisotopic (exact) mass is 387 g/mol. The van der Waals surface area contributed by atoms with Crippen molar-refractivity contribution in [2.45, 2.75) is 0 Å². The van der Waals surface area contributed by atoms with Gasteiger partial charge in [-0.3, -0.25) is 15.5 Å². The van der Waals surface area contributed by atoms with E-state index in [2.05, 4.69) is 5.32 Å². The number of hydrogen-bond donors (Lipinski definition) is 1. The Bertz CT molecular complexity index is 1100. The van der Waals surface area contributed by atoms with Gasteiger partial charge in [-0.2, -0.15) is 9.83 Å². The van der Waals surface area contributed by atoms with Gasteiger partial charge in [-0.15, -0.1) is 0 Å². The number of ketones is 1. The number of carbonyl (C=O) groups is 2. The molecule has 0 unspecified atom stereocenters. The van der Waals surface area contributed by atoms with Crippen LogP contribution in [0.15, 0.2) is 54.4 Å². The van der Waals surface area contributed by atoms with Crippen LogP contribution in [0.4, 0.5) is 11.4 Å². The Morgan fingerprint density at radius 1 is 1.31 bits per heavy atom. The second-order valence-electron chi connectivity index (χ2n) is 6.40. The highest BCUT2D eigenvalue weighted by Gasteiger charge is 2.25. The third-order valence-corrected chi connectivity index (χ3v) is 4.24. The largest absolute Gasteiger partial charge is 0.762 e. The van der Waals surface area contributed by atoms with Crippen molar-refractivity contribution in [3.8, 4) is 11.8 Å². The van der Waals surface area contributed by atoms with E-state index >= 15 is 0 Å². The van der Waals surface area contributed by atoms with E-state index in [1.165, 1.54) is 12.1 Å². The first-order chi connectivity index (χ1) is 13.9. The molecule has 144 valence electrons. The molecule has 1 aromatic heterocycles. The zero-order valence-corrected chi connectivity index (χ0v) is 15.8. The number of anilines is 2. The van der Waals surface area contributed by atoms with Crippen LogP contribution >= 0.6 is 0 Å². The van der Waals surface area contributed by atoms with E-state index in [9.17, 15) is 9.59 Å². The van der Waals surface area contributed by atoms with E-state index in [4.69, 9.17) is 15.4 Å². The molecule has 29 heavy (non-hydrogen) atoms. The minimum Gasteiger partial charge on any atom is -0.762 e. The van der Waals surface area contributed by atoms with Crippen LogP contribution in [0.25, 0.3) is 11.1 Å². The molecule has 2 aromatic rings. The fraction of sp³-hybridized carbons (Fsp3) is 0.143. The molecular formula is C21H17N5O3. The molecule has 0 saturated carbocycles. The summed E-state index contributed by atoms with van der Waals surface area (Å²) in [4.78, 5) is 26.7. The number of ether oxygens (including phenoxy) is 1. The summed E-state index contributed by atoms with van der Waals surface area (Å²) in [5, 5.41) is 20.9. The molecule has 1 N–H and O–H groups in total. The first-order valence-electron chi connectivity index (χ1n) is 8.62. The Kier molecular flexibility index (Phi) is 5.54. The first kappa shape index (κ1) is 19.5. The zero-order valence-electron chi connectivity index (χ0n) is 15.8. The van der Waals surface area contributed by atoms with Crippen LogP contribution in [0.2, 0.25) is 0 Å². The van der Waals surface area contributed by atoms with Gasteiger partial charge in [-0.25, -0.2) is 0 Å². The van der Waals surface area contributed by atoms with Crippen molar-refractivity contribution < 1.29 is 18.9 Å². The lowest BCUT2D eigenvalue weighted by molar-refractivity contribution is -0.576. The number of hydrogen-bond acceptors (Lipinski definition) is 5. The van der Waals surface area contributed by atoms with Gasteiger partial charge in [-0.1, -0.05) is 0 Å². The Hall–Kier alpha value is -4.21. The summed E-state index contributed by atoms with van der Waals surface area (Å²) in [6, 6.07) is 10.1. The molecule has 1 aliphatic rings. The Morgan fingerprint density at radius 2 is 2.03 bits per heavy atom. The molecule has 0 atom stereocenters.